The number of amides is 4. The average molecular weight is 334 g/mol. The molecule has 4 amide bonds. The highest BCUT2D eigenvalue weighted by Crippen LogP contribution is 2.02. The lowest BCUT2D eigenvalue weighted by Gasteiger charge is -2.18. The second-order valence-corrected chi connectivity index (χ2v) is 5.51. The molecule has 0 aliphatic carbocycles. The second kappa shape index (κ2) is 10.3. The number of urea groups is 1. The first-order valence-corrected chi connectivity index (χ1v) is 8.04. The van der Waals surface area contributed by atoms with Crippen LogP contribution in [0.15, 0.2) is 30.3 Å². The average Bonchev–Trinajstić information content (AvgIpc) is 2.55. The highest BCUT2D eigenvalue weighted by Gasteiger charge is 2.15. The molecule has 1 rings (SSSR count). The molecular weight excluding hydrogens is 308 g/mol. The topological polar surface area (TPSA) is 90.5 Å². The SMILES string of the molecule is CCNC(=O)[C@@H](C)NC(=O)CCNC(=O)N(C)Cc1ccccc1. The van der Waals surface area contributed by atoms with Crippen LogP contribution in [0, 0.1) is 0 Å². The summed E-state index contributed by atoms with van der Waals surface area (Å²) in [5, 5.41) is 7.91. The molecule has 7 nitrogen and oxygen atoms in total. The first-order valence-electron chi connectivity index (χ1n) is 8.04. The van der Waals surface area contributed by atoms with E-state index in [9.17, 15) is 14.4 Å². The van der Waals surface area contributed by atoms with Gasteiger partial charge in [-0.25, -0.2) is 4.79 Å². The van der Waals surface area contributed by atoms with Gasteiger partial charge in [0.1, 0.15) is 6.04 Å². The summed E-state index contributed by atoms with van der Waals surface area (Å²) in [4.78, 5) is 36.8. The molecule has 24 heavy (non-hydrogen) atoms. The van der Waals surface area contributed by atoms with Gasteiger partial charge in [-0.05, 0) is 19.4 Å². The van der Waals surface area contributed by atoms with Crippen LogP contribution >= 0.6 is 0 Å². The Labute approximate surface area is 142 Å². The molecule has 0 aromatic heterocycles. The minimum Gasteiger partial charge on any atom is -0.355 e. The number of rotatable bonds is 8. The van der Waals surface area contributed by atoms with Crippen molar-refractivity contribution in [1.82, 2.24) is 20.9 Å². The van der Waals surface area contributed by atoms with E-state index < -0.39 is 6.04 Å². The number of nitrogens with one attached hydrogen (secondary N) is 3. The van der Waals surface area contributed by atoms with Crippen molar-refractivity contribution in [1.29, 1.82) is 0 Å². The Morgan fingerprint density at radius 3 is 2.42 bits per heavy atom. The molecule has 3 N–H and O–H groups in total. The lowest BCUT2D eigenvalue weighted by Crippen LogP contribution is -2.45. The first kappa shape index (κ1) is 19.5. The largest absolute Gasteiger partial charge is 0.355 e. The fourth-order valence-electron chi connectivity index (χ4n) is 2.05. The molecule has 0 heterocycles. The predicted octanol–water partition coefficient (Wildman–Crippen LogP) is 0.859. The van der Waals surface area contributed by atoms with Crippen molar-refractivity contribution in [2.24, 2.45) is 0 Å². The minimum absolute atomic E-state index is 0.120. The van der Waals surface area contributed by atoms with Gasteiger partial charge in [0.05, 0.1) is 0 Å². The summed E-state index contributed by atoms with van der Waals surface area (Å²) in [5.74, 6) is -0.503. The first-order chi connectivity index (χ1) is 11.4. The normalized spacial score (nSPS) is 11.3. The van der Waals surface area contributed by atoms with Crippen LogP contribution < -0.4 is 16.0 Å². The standard InChI is InChI=1S/C17H26N4O3/c1-4-18-16(23)13(2)20-15(22)10-11-19-17(24)21(3)12-14-8-6-5-7-9-14/h5-9,13H,4,10-12H2,1-3H3,(H,18,23)(H,19,24)(H,20,22)/t13-/m1/s1. The van der Waals surface area contributed by atoms with Gasteiger partial charge in [-0.3, -0.25) is 9.59 Å². The van der Waals surface area contributed by atoms with E-state index in [1.807, 2.05) is 37.3 Å². The van der Waals surface area contributed by atoms with Crippen LogP contribution in [0.4, 0.5) is 4.79 Å². The van der Waals surface area contributed by atoms with E-state index in [1.165, 1.54) is 0 Å². The number of hydrogen-bond acceptors (Lipinski definition) is 3. The van der Waals surface area contributed by atoms with Gasteiger partial charge in [0, 0.05) is 33.1 Å². The Hall–Kier alpha value is -2.57. The van der Waals surface area contributed by atoms with Gasteiger partial charge in [-0.15, -0.1) is 0 Å². The zero-order chi connectivity index (χ0) is 17.9. The van der Waals surface area contributed by atoms with Crippen molar-refractivity contribution in [2.75, 3.05) is 20.1 Å². The van der Waals surface area contributed by atoms with Gasteiger partial charge < -0.3 is 20.9 Å². The predicted molar refractivity (Wildman–Crippen MR) is 92.2 cm³/mol. The van der Waals surface area contributed by atoms with Gasteiger partial charge in [-0.2, -0.15) is 0 Å². The highest BCUT2D eigenvalue weighted by molar-refractivity contribution is 5.87. The summed E-state index contributed by atoms with van der Waals surface area (Å²) < 4.78 is 0. The van der Waals surface area contributed by atoms with E-state index in [0.717, 1.165) is 5.56 Å². The maximum atomic E-state index is 12.0. The fourth-order valence-corrected chi connectivity index (χ4v) is 2.05. The van der Waals surface area contributed by atoms with E-state index >= 15 is 0 Å². The Balaban J connectivity index is 2.27. The van der Waals surface area contributed by atoms with Crippen molar-refractivity contribution in [3.05, 3.63) is 35.9 Å². The Morgan fingerprint density at radius 1 is 1.12 bits per heavy atom. The summed E-state index contributed by atoms with van der Waals surface area (Å²) in [6, 6.07) is 8.81. The fraction of sp³-hybridized carbons (Fsp3) is 0.471. The Morgan fingerprint density at radius 2 is 1.79 bits per heavy atom. The summed E-state index contributed by atoms with van der Waals surface area (Å²) in [5.41, 5.74) is 1.03. The molecule has 0 spiro atoms. The van der Waals surface area contributed by atoms with Crippen LogP contribution in [0.3, 0.4) is 0 Å². The third kappa shape index (κ3) is 7.13. The number of hydrogen-bond donors (Lipinski definition) is 3. The van der Waals surface area contributed by atoms with Gasteiger partial charge in [-0.1, -0.05) is 30.3 Å². The molecule has 0 aliphatic heterocycles. The summed E-state index contributed by atoms with van der Waals surface area (Å²) in [7, 11) is 1.69. The molecule has 0 saturated carbocycles. The second-order valence-electron chi connectivity index (χ2n) is 5.51. The van der Waals surface area contributed by atoms with Gasteiger partial charge in [0.15, 0.2) is 0 Å². The molecule has 1 aromatic rings. The van der Waals surface area contributed by atoms with Crippen LogP contribution in [-0.2, 0) is 16.1 Å². The lowest BCUT2D eigenvalue weighted by molar-refractivity contribution is -0.128. The maximum Gasteiger partial charge on any atom is 0.317 e. The molecule has 1 aromatic carbocycles. The third-order valence-electron chi connectivity index (χ3n) is 3.36. The van der Waals surface area contributed by atoms with E-state index in [0.29, 0.717) is 13.1 Å². The van der Waals surface area contributed by atoms with Crippen molar-refractivity contribution in [2.45, 2.75) is 32.9 Å². The van der Waals surface area contributed by atoms with E-state index in [4.69, 9.17) is 0 Å². The van der Waals surface area contributed by atoms with Gasteiger partial charge >= 0.3 is 6.03 Å². The summed E-state index contributed by atoms with van der Waals surface area (Å²) >= 11 is 0. The number of carbonyl (C=O) groups is 3. The van der Waals surface area contributed by atoms with Crippen LogP contribution in [0.2, 0.25) is 0 Å². The number of likely N-dealkylation sites (N-methyl/N-ethyl adjacent to an activating group) is 1. The van der Waals surface area contributed by atoms with E-state index in [-0.39, 0.29) is 30.8 Å². The highest BCUT2D eigenvalue weighted by atomic mass is 16.2. The lowest BCUT2D eigenvalue weighted by atomic mass is 10.2. The van der Waals surface area contributed by atoms with Crippen LogP contribution in [0.1, 0.15) is 25.8 Å². The summed E-state index contributed by atoms with van der Waals surface area (Å²) in [6.45, 7) is 4.66. The Bertz CT molecular complexity index is 548. The molecule has 0 bridgehead atoms. The van der Waals surface area contributed by atoms with E-state index in [2.05, 4.69) is 16.0 Å². The van der Waals surface area contributed by atoms with Crippen molar-refractivity contribution in [3.8, 4) is 0 Å². The molecule has 0 fully saturated rings. The zero-order valence-corrected chi connectivity index (χ0v) is 14.5. The van der Waals surface area contributed by atoms with Crippen molar-refractivity contribution in [3.63, 3.8) is 0 Å². The molecule has 0 unspecified atom stereocenters. The maximum absolute atomic E-state index is 12.0. The molecule has 0 saturated heterocycles. The van der Waals surface area contributed by atoms with Crippen LogP contribution in [0.5, 0.6) is 0 Å². The van der Waals surface area contributed by atoms with Crippen molar-refractivity contribution >= 4 is 17.8 Å². The molecular formula is C17H26N4O3. The minimum atomic E-state index is -0.589. The van der Waals surface area contributed by atoms with Crippen LogP contribution in [0.25, 0.3) is 0 Å². The molecule has 0 aliphatic rings. The van der Waals surface area contributed by atoms with Crippen LogP contribution in [-0.4, -0.2) is 48.9 Å². The monoisotopic (exact) mass is 334 g/mol. The molecule has 0 radical (unpaired) electrons. The number of nitrogens with zero attached hydrogens (tertiary/aromatic N) is 1. The van der Waals surface area contributed by atoms with Gasteiger partial charge in [0.2, 0.25) is 11.8 Å². The van der Waals surface area contributed by atoms with E-state index in [1.54, 1.807) is 18.9 Å². The third-order valence-corrected chi connectivity index (χ3v) is 3.36. The quantitative estimate of drug-likeness (QED) is 0.658. The molecule has 1 atom stereocenters. The molecule has 7 heteroatoms. The smallest absolute Gasteiger partial charge is 0.317 e. The number of benzene rings is 1. The van der Waals surface area contributed by atoms with Gasteiger partial charge in [0.25, 0.3) is 0 Å². The summed E-state index contributed by atoms with van der Waals surface area (Å²) in [6.07, 6.45) is 0.120. The number of carbonyl (C=O) groups excluding carboxylic acids is 3. The molecule has 132 valence electrons. The zero-order valence-electron chi connectivity index (χ0n) is 14.5. The van der Waals surface area contributed by atoms with Crippen molar-refractivity contribution < 1.29 is 14.4 Å². The Kier molecular flexibility index (Phi) is 8.32.